The SMILES string of the molecule is CP(C)(=O)c1c([N+](=O)[O-])cnc2cc(Br)ccc12. The normalized spacial score (nSPS) is 11.7. The average molecular weight is 329 g/mol. The highest BCUT2D eigenvalue weighted by Crippen LogP contribution is 2.41. The Bertz CT molecular complexity index is 696. The maximum atomic E-state index is 12.3. The van der Waals surface area contributed by atoms with Crippen LogP contribution in [0.5, 0.6) is 0 Å². The molecule has 0 atom stereocenters. The van der Waals surface area contributed by atoms with E-state index in [1.165, 1.54) is 19.5 Å². The van der Waals surface area contributed by atoms with Gasteiger partial charge < -0.3 is 4.57 Å². The zero-order valence-electron chi connectivity index (χ0n) is 9.75. The van der Waals surface area contributed by atoms with Crippen molar-refractivity contribution in [1.29, 1.82) is 0 Å². The van der Waals surface area contributed by atoms with Crippen molar-refractivity contribution in [3.8, 4) is 0 Å². The quantitative estimate of drug-likeness (QED) is 0.482. The summed E-state index contributed by atoms with van der Waals surface area (Å²) in [6, 6.07) is 5.21. The summed E-state index contributed by atoms with van der Waals surface area (Å²) in [5.41, 5.74) is 0.409. The van der Waals surface area contributed by atoms with Crippen molar-refractivity contribution in [3.63, 3.8) is 0 Å². The van der Waals surface area contributed by atoms with E-state index < -0.39 is 12.1 Å². The summed E-state index contributed by atoms with van der Waals surface area (Å²) in [5, 5.41) is 11.9. The molecule has 0 aliphatic heterocycles. The van der Waals surface area contributed by atoms with Gasteiger partial charge in [-0.25, -0.2) is 4.98 Å². The molecule has 0 fully saturated rings. The van der Waals surface area contributed by atoms with Gasteiger partial charge in [0.2, 0.25) is 0 Å². The fraction of sp³-hybridized carbons (Fsp3) is 0.182. The highest BCUT2D eigenvalue weighted by Gasteiger charge is 2.27. The molecule has 18 heavy (non-hydrogen) atoms. The van der Waals surface area contributed by atoms with Gasteiger partial charge in [-0.3, -0.25) is 10.1 Å². The lowest BCUT2D eigenvalue weighted by Gasteiger charge is -2.11. The van der Waals surface area contributed by atoms with Gasteiger partial charge in [0.1, 0.15) is 13.3 Å². The van der Waals surface area contributed by atoms with Crippen LogP contribution < -0.4 is 5.30 Å². The Hall–Kier alpha value is -1.26. The van der Waals surface area contributed by atoms with E-state index in [0.29, 0.717) is 10.9 Å². The van der Waals surface area contributed by atoms with E-state index in [1.54, 1.807) is 18.2 Å². The van der Waals surface area contributed by atoms with Crippen molar-refractivity contribution < 1.29 is 9.49 Å². The van der Waals surface area contributed by atoms with Gasteiger partial charge in [-0.15, -0.1) is 0 Å². The van der Waals surface area contributed by atoms with Gasteiger partial charge in [0.05, 0.1) is 15.7 Å². The van der Waals surface area contributed by atoms with E-state index in [1.807, 2.05) is 0 Å². The average Bonchev–Trinajstić information content (AvgIpc) is 2.25. The summed E-state index contributed by atoms with van der Waals surface area (Å²) in [7, 11) is -2.77. The van der Waals surface area contributed by atoms with E-state index in [0.717, 1.165) is 4.47 Å². The molecule has 1 aromatic carbocycles. The van der Waals surface area contributed by atoms with Crippen LogP contribution in [0.25, 0.3) is 10.9 Å². The predicted octanol–water partition coefficient (Wildman–Crippen LogP) is 3.15. The smallest absolute Gasteiger partial charge is 0.298 e. The molecule has 0 saturated carbocycles. The molecule has 0 aliphatic carbocycles. The van der Waals surface area contributed by atoms with Crippen LogP contribution in [-0.4, -0.2) is 23.2 Å². The molecule has 5 nitrogen and oxygen atoms in total. The molecule has 0 spiro atoms. The van der Waals surface area contributed by atoms with Crippen molar-refractivity contribution in [2.75, 3.05) is 13.3 Å². The van der Waals surface area contributed by atoms with Crippen LogP contribution in [0.2, 0.25) is 0 Å². The van der Waals surface area contributed by atoms with Crippen molar-refractivity contribution in [1.82, 2.24) is 4.98 Å². The van der Waals surface area contributed by atoms with Crippen LogP contribution in [0.4, 0.5) is 5.69 Å². The van der Waals surface area contributed by atoms with Crippen LogP contribution in [0, 0.1) is 10.1 Å². The Labute approximate surface area is 112 Å². The second kappa shape index (κ2) is 4.44. The van der Waals surface area contributed by atoms with Gasteiger partial charge in [-0.05, 0) is 25.5 Å². The number of pyridine rings is 1. The fourth-order valence-corrected chi connectivity index (χ4v) is 3.65. The minimum absolute atomic E-state index is 0.182. The molecule has 0 amide bonds. The maximum Gasteiger partial charge on any atom is 0.298 e. The first-order chi connectivity index (χ1) is 8.30. The number of rotatable bonds is 2. The molecule has 1 aromatic heterocycles. The lowest BCUT2D eigenvalue weighted by atomic mass is 10.2. The van der Waals surface area contributed by atoms with Gasteiger partial charge >= 0.3 is 0 Å². The number of aromatic nitrogens is 1. The molecule has 0 aliphatic rings. The molecule has 0 N–H and O–H groups in total. The van der Waals surface area contributed by atoms with Crippen molar-refractivity contribution >= 4 is 45.0 Å². The molecule has 0 unspecified atom stereocenters. The minimum Gasteiger partial charge on any atom is -0.319 e. The van der Waals surface area contributed by atoms with E-state index in [-0.39, 0.29) is 11.0 Å². The third kappa shape index (κ3) is 2.31. The number of nitrogens with zero attached hydrogens (tertiary/aromatic N) is 2. The number of nitro groups is 1. The van der Waals surface area contributed by atoms with Crippen molar-refractivity contribution in [3.05, 3.63) is 39.0 Å². The summed E-state index contributed by atoms with van der Waals surface area (Å²) in [6.45, 7) is 3.05. The first-order valence-corrected chi connectivity index (χ1v) is 8.48. The molecule has 0 saturated heterocycles. The topological polar surface area (TPSA) is 73.1 Å². The molecule has 94 valence electrons. The Morgan fingerprint density at radius 3 is 2.61 bits per heavy atom. The third-order valence-electron chi connectivity index (χ3n) is 2.52. The monoisotopic (exact) mass is 328 g/mol. The minimum atomic E-state index is -2.77. The second-order valence-corrected chi connectivity index (χ2v) is 8.33. The largest absolute Gasteiger partial charge is 0.319 e. The zero-order valence-corrected chi connectivity index (χ0v) is 12.2. The predicted molar refractivity (Wildman–Crippen MR) is 75.2 cm³/mol. The first kappa shape index (κ1) is 13.2. The number of fused-ring (bicyclic) bond motifs is 1. The summed E-state index contributed by atoms with van der Waals surface area (Å²) in [6.07, 6.45) is 1.17. The number of hydrogen-bond acceptors (Lipinski definition) is 4. The highest BCUT2D eigenvalue weighted by molar-refractivity contribution is 9.10. The fourth-order valence-electron chi connectivity index (χ4n) is 1.84. The lowest BCUT2D eigenvalue weighted by Crippen LogP contribution is -2.12. The number of hydrogen-bond donors (Lipinski definition) is 0. The number of benzene rings is 1. The van der Waals surface area contributed by atoms with E-state index in [4.69, 9.17) is 0 Å². The molecular weight excluding hydrogens is 319 g/mol. The van der Waals surface area contributed by atoms with Crippen LogP contribution in [0.15, 0.2) is 28.9 Å². The Morgan fingerprint density at radius 2 is 2.06 bits per heavy atom. The van der Waals surface area contributed by atoms with Crippen molar-refractivity contribution in [2.45, 2.75) is 0 Å². The molecule has 2 aromatic rings. The molecule has 0 bridgehead atoms. The van der Waals surface area contributed by atoms with Crippen LogP contribution in [0.1, 0.15) is 0 Å². The first-order valence-electron chi connectivity index (χ1n) is 5.09. The molecule has 1 heterocycles. The van der Waals surface area contributed by atoms with Crippen LogP contribution in [-0.2, 0) is 4.57 Å². The van der Waals surface area contributed by atoms with E-state index in [9.17, 15) is 14.7 Å². The zero-order chi connectivity index (χ0) is 13.5. The number of halogens is 1. The summed E-state index contributed by atoms with van der Waals surface area (Å²) < 4.78 is 13.1. The van der Waals surface area contributed by atoms with Crippen LogP contribution >= 0.6 is 23.1 Å². The maximum absolute atomic E-state index is 12.3. The van der Waals surface area contributed by atoms with Gasteiger partial charge in [-0.1, -0.05) is 22.0 Å². The van der Waals surface area contributed by atoms with E-state index in [2.05, 4.69) is 20.9 Å². The molecule has 2 rings (SSSR count). The summed E-state index contributed by atoms with van der Waals surface area (Å²) in [5.74, 6) is 0. The van der Waals surface area contributed by atoms with Crippen LogP contribution in [0.3, 0.4) is 0 Å². The van der Waals surface area contributed by atoms with Gasteiger partial charge in [-0.2, -0.15) is 0 Å². The van der Waals surface area contributed by atoms with Gasteiger partial charge in [0.15, 0.2) is 0 Å². The lowest BCUT2D eigenvalue weighted by molar-refractivity contribution is -0.383. The van der Waals surface area contributed by atoms with Crippen molar-refractivity contribution in [2.24, 2.45) is 0 Å². The second-order valence-electron chi connectivity index (χ2n) is 4.26. The Balaban J connectivity index is 2.95. The standard InChI is InChI=1S/C11H10BrN2O3P/c1-18(2,17)11-8-4-3-7(12)5-9(8)13-6-10(11)14(15)16/h3-6H,1-2H3. The van der Waals surface area contributed by atoms with Gasteiger partial charge in [0.25, 0.3) is 5.69 Å². The molecule has 0 radical (unpaired) electrons. The van der Waals surface area contributed by atoms with Gasteiger partial charge in [0, 0.05) is 9.86 Å². The van der Waals surface area contributed by atoms with E-state index >= 15 is 0 Å². The Kier molecular flexibility index (Phi) is 3.25. The third-order valence-corrected chi connectivity index (χ3v) is 4.56. The summed E-state index contributed by atoms with van der Waals surface area (Å²) in [4.78, 5) is 14.5. The molecular formula is C11H10BrN2O3P. The summed E-state index contributed by atoms with van der Waals surface area (Å²) >= 11 is 3.31. The molecule has 7 heteroatoms. The highest BCUT2D eigenvalue weighted by atomic mass is 79.9. The Morgan fingerprint density at radius 1 is 1.39 bits per heavy atom.